The van der Waals surface area contributed by atoms with E-state index in [2.05, 4.69) is 5.10 Å². The largest absolute Gasteiger partial charge is 0.486 e. The van der Waals surface area contributed by atoms with Gasteiger partial charge in [-0.1, -0.05) is 0 Å². The summed E-state index contributed by atoms with van der Waals surface area (Å²) in [6.45, 7) is 1.17. The summed E-state index contributed by atoms with van der Waals surface area (Å²) in [7, 11) is 1.83. The first-order chi connectivity index (χ1) is 9.20. The van der Waals surface area contributed by atoms with E-state index in [0.29, 0.717) is 19.0 Å². The molecule has 100 valence electrons. The van der Waals surface area contributed by atoms with E-state index in [1.54, 1.807) is 22.6 Å². The van der Waals surface area contributed by atoms with Crippen molar-refractivity contribution in [1.82, 2.24) is 9.78 Å². The molecule has 0 amide bonds. The first-order valence-corrected chi connectivity index (χ1v) is 7.18. The number of fused-ring (bicyclic) bond motifs is 1. The monoisotopic (exact) mass is 277 g/mol. The number of nitrogens with two attached hydrogens (primary N) is 1. The van der Waals surface area contributed by atoms with E-state index in [-0.39, 0.29) is 0 Å². The van der Waals surface area contributed by atoms with E-state index in [1.807, 2.05) is 25.4 Å². The lowest BCUT2D eigenvalue weighted by Crippen LogP contribution is -2.15. The molecule has 5 nitrogen and oxygen atoms in total. The average Bonchev–Trinajstić information content (AvgIpc) is 2.77. The van der Waals surface area contributed by atoms with Crippen molar-refractivity contribution in [3.63, 3.8) is 0 Å². The maximum atomic E-state index is 6.05. The molecule has 0 bridgehead atoms. The van der Waals surface area contributed by atoms with Crippen LogP contribution in [0.2, 0.25) is 0 Å². The second-order valence-corrected chi connectivity index (χ2v) is 5.11. The standard InChI is InChI=1S/C13H15N3O2S/c1-16-13(14)9(7-15-16)8-5-10-11(6-12(8)19-2)18-4-3-17-10/h5-7H,3-4,14H2,1-2H3. The topological polar surface area (TPSA) is 62.3 Å². The smallest absolute Gasteiger partial charge is 0.162 e. The summed E-state index contributed by atoms with van der Waals surface area (Å²) in [5.74, 6) is 2.20. The normalized spacial score (nSPS) is 13.6. The number of nitrogen functional groups attached to an aromatic ring is 1. The van der Waals surface area contributed by atoms with Gasteiger partial charge in [0.1, 0.15) is 19.0 Å². The van der Waals surface area contributed by atoms with Gasteiger partial charge in [-0.3, -0.25) is 4.68 Å². The first kappa shape index (κ1) is 12.2. The van der Waals surface area contributed by atoms with Crippen LogP contribution in [0, 0.1) is 0 Å². The SMILES string of the molecule is CSc1cc2c(cc1-c1cnn(C)c1N)OCCO2. The molecule has 2 heterocycles. The number of hydrogen-bond donors (Lipinski definition) is 1. The Morgan fingerprint density at radius 3 is 2.47 bits per heavy atom. The number of thioether (sulfide) groups is 1. The van der Waals surface area contributed by atoms with Gasteiger partial charge in [0.2, 0.25) is 0 Å². The molecule has 0 unspecified atom stereocenters. The van der Waals surface area contributed by atoms with Crippen LogP contribution in [0.15, 0.2) is 23.2 Å². The van der Waals surface area contributed by atoms with Gasteiger partial charge < -0.3 is 15.2 Å². The molecule has 0 spiro atoms. The quantitative estimate of drug-likeness (QED) is 0.852. The number of hydrogen-bond acceptors (Lipinski definition) is 5. The molecule has 0 radical (unpaired) electrons. The van der Waals surface area contributed by atoms with Crippen molar-refractivity contribution in [2.24, 2.45) is 7.05 Å². The molecule has 0 atom stereocenters. The summed E-state index contributed by atoms with van der Waals surface area (Å²) in [6.07, 6.45) is 3.81. The van der Waals surface area contributed by atoms with E-state index in [4.69, 9.17) is 15.2 Å². The zero-order valence-electron chi connectivity index (χ0n) is 10.8. The maximum Gasteiger partial charge on any atom is 0.162 e. The molecular formula is C13H15N3O2S. The Morgan fingerprint density at radius 1 is 1.21 bits per heavy atom. The van der Waals surface area contributed by atoms with Crippen LogP contribution in [0.5, 0.6) is 11.5 Å². The van der Waals surface area contributed by atoms with Crippen LogP contribution >= 0.6 is 11.8 Å². The Balaban J connectivity index is 2.17. The van der Waals surface area contributed by atoms with Crippen molar-refractivity contribution in [2.75, 3.05) is 25.2 Å². The number of aryl methyl sites for hydroxylation is 1. The average molecular weight is 277 g/mol. The van der Waals surface area contributed by atoms with Crippen molar-refractivity contribution >= 4 is 17.6 Å². The fourth-order valence-corrected chi connectivity index (χ4v) is 2.72. The maximum absolute atomic E-state index is 6.05. The van der Waals surface area contributed by atoms with Crippen LogP contribution in [-0.4, -0.2) is 29.3 Å². The van der Waals surface area contributed by atoms with Crippen molar-refractivity contribution < 1.29 is 9.47 Å². The van der Waals surface area contributed by atoms with Gasteiger partial charge in [0, 0.05) is 23.1 Å². The molecule has 6 heteroatoms. The third-order valence-electron chi connectivity index (χ3n) is 3.14. The summed E-state index contributed by atoms with van der Waals surface area (Å²) in [5.41, 5.74) is 8.00. The Hall–Kier alpha value is -1.82. The van der Waals surface area contributed by atoms with Gasteiger partial charge in [0.05, 0.1) is 6.20 Å². The Bertz CT molecular complexity index is 625. The second kappa shape index (κ2) is 4.70. The van der Waals surface area contributed by atoms with Crippen molar-refractivity contribution in [1.29, 1.82) is 0 Å². The molecule has 1 aromatic heterocycles. The molecule has 1 aliphatic heterocycles. The minimum absolute atomic E-state index is 0.577. The minimum atomic E-state index is 0.577. The van der Waals surface area contributed by atoms with E-state index in [0.717, 1.165) is 27.5 Å². The zero-order valence-corrected chi connectivity index (χ0v) is 11.7. The van der Waals surface area contributed by atoms with Crippen LogP contribution in [0.25, 0.3) is 11.1 Å². The molecule has 2 N–H and O–H groups in total. The molecule has 0 aliphatic carbocycles. The van der Waals surface area contributed by atoms with E-state index >= 15 is 0 Å². The molecule has 2 aromatic rings. The van der Waals surface area contributed by atoms with Crippen LogP contribution in [0.1, 0.15) is 0 Å². The van der Waals surface area contributed by atoms with Gasteiger partial charge in [0.25, 0.3) is 0 Å². The predicted molar refractivity (Wildman–Crippen MR) is 75.8 cm³/mol. The van der Waals surface area contributed by atoms with Gasteiger partial charge in [-0.05, 0) is 18.4 Å². The Morgan fingerprint density at radius 2 is 1.89 bits per heavy atom. The summed E-state index contributed by atoms with van der Waals surface area (Å²) in [4.78, 5) is 1.10. The van der Waals surface area contributed by atoms with Crippen molar-refractivity contribution in [3.05, 3.63) is 18.3 Å². The van der Waals surface area contributed by atoms with Gasteiger partial charge in [-0.25, -0.2) is 0 Å². The number of aromatic nitrogens is 2. The minimum Gasteiger partial charge on any atom is -0.486 e. The fourth-order valence-electron chi connectivity index (χ4n) is 2.10. The lowest BCUT2D eigenvalue weighted by molar-refractivity contribution is 0.171. The number of ether oxygens (including phenoxy) is 2. The molecule has 0 fully saturated rings. The highest BCUT2D eigenvalue weighted by atomic mass is 32.2. The fraction of sp³-hybridized carbons (Fsp3) is 0.308. The lowest BCUT2D eigenvalue weighted by atomic mass is 10.1. The van der Waals surface area contributed by atoms with E-state index < -0.39 is 0 Å². The van der Waals surface area contributed by atoms with Gasteiger partial charge in [-0.2, -0.15) is 5.10 Å². The highest BCUT2D eigenvalue weighted by Crippen LogP contribution is 2.42. The van der Waals surface area contributed by atoms with Gasteiger partial charge >= 0.3 is 0 Å². The molecule has 0 saturated heterocycles. The highest BCUT2D eigenvalue weighted by molar-refractivity contribution is 7.98. The molecule has 1 aliphatic rings. The summed E-state index contributed by atoms with van der Waals surface area (Å²) < 4.78 is 12.9. The second-order valence-electron chi connectivity index (χ2n) is 4.26. The number of nitrogens with zero attached hydrogens (tertiary/aromatic N) is 2. The van der Waals surface area contributed by atoms with Crippen molar-refractivity contribution in [3.8, 4) is 22.6 Å². The van der Waals surface area contributed by atoms with Crippen LogP contribution in [0.4, 0.5) is 5.82 Å². The lowest BCUT2D eigenvalue weighted by Gasteiger charge is -2.20. The van der Waals surface area contributed by atoms with Gasteiger partial charge in [-0.15, -0.1) is 11.8 Å². The molecular weight excluding hydrogens is 262 g/mol. The Kier molecular flexibility index (Phi) is 3.02. The Labute approximate surface area is 115 Å². The summed E-state index contributed by atoms with van der Waals surface area (Å²) in [5, 5.41) is 4.19. The molecule has 3 rings (SSSR count). The predicted octanol–water partition coefficient (Wildman–Crippen LogP) is 2.16. The zero-order chi connectivity index (χ0) is 13.4. The summed E-state index contributed by atoms with van der Waals surface area (Å²) in [6, 6.07) is 3.98. The van der Waals surface area contributed by atoms with Crippen LogP contribution in [0.3, 0.4) is 0 Å². The number of rotatable bonds is 2. The third kappa shape index (κ3) is 2.02. The number of anilines is 1. The molecule has 1 aromatic carbocycles. The first-order valence-electron chi connectivity index (χ1n) is 5.96. The summed E-state index contributed by atoms with van der Waals surface area (Å²) >= 11 is 1.65. The molecule has 0 saturated carbocycles. The van der Waals surface area contributed by atoms with Crippen molar-refractivity contribution in [2.45, 2.75) is 4.90 Å². The molecule has 19 heavy (non-hydrogen) atoms. The van der Waals surface area contributed by atoms with E-state index in [1.165, 1.54) is 0 Å². The van der Waals surface area contributed by atoms with Crippen LogP contribution in [-0.2, 0) is 7.05 Å². The highest BCUT2D eigenvalue weighted by Gasteiger charge is 2.19. The van der Waals surface area contributed by atoms with E-state index in [9.17, 15) is 0 Å². The third-order valence-corrected chi connectivity index (χ3v) is 3.92. The van der Waals surface area contributed by atoms with Crippen LogP contribution < -0.4 is 15.2 Å². The van der Waals surface area contributed by atoms with Gasteiger partial charge in [0.15, 0.2) is 11.5 Å². The number of benzene rings is 1.